The SMILES string of the molecule is CC[C@H]1CC(CO[Si](C(C)C)(C(C)C)C(C)C)C[C@@H]2[C@H]1/C(=N/O)CCC2(C)OC. The molecule has 0 aromatic heterocycles. The molecule has 0 radical (unpaired) electrons. The van der Waals surface area contributed by atoms with Crippen molar-refractivity contribution in [3.8, 4) is 0 Å². The highest BCUT2D eigenvalue weighted by atomic mass is 28.4. The maximum atomic E-state index is 9.67. The van der Waals surface area contributed by atoms with E-state index in [9.17, 15) is 5.21 Å². The zero-order chi connectivity index (χ0) is 22.0. The number of hydrogen-bond acceptors (Lipinski definition) is 4. The van der Waals surface area contributed by atoms with E-state index >= 15 is 0 Å². The van der Waals surface area contributed by atoms with Crippen LogP contribution in [-0.2, 0) is 9.16 Å². The summed E-state index contributed by atoms with van der Waals surface area (Å²) in [6.07, 6.45) is 5.20. The summed E-state index contributed by atoms with van der Waals surface area (Å²) in [5, 5.41) is 13.4. The number of rotatable bonds is 8. The minimum Gasteiger partial charge on any atom is -0.416 e. The molecule has 0 heterocycles. The molecular weight excluding hydrogens is 378 g/mol. The lowest BCUT2D eigenvalue weighted by Gasteiger charge is -2.53. The average Bonchev–Trinajstić information content (AvgIpc) is 2.67. The molecular formula is C24H47NO3Si. The minimum absolute atomic E-state index is 0.131. The number of hydrogen-bond donors (Lipinski definition) is 1. The van der Waals surface area contributed by atoms with Gasteiger partial charge in [0, 0.05) is 19.6 Å². The molecule has 170 valence electrons. The van der Waals surface area contributed by atoms with Crippen molar-refractivity contribution >= 4 is 14.0 Å². The van der Waals surface area contributed by atoms with Gasteiger partial charge in [0.25, 0.3) is 0 Å². The van der Waals surface area contributed by atoms with Gasteiger partial charge in [-0.3, -0.25) is 0 Å². The van der Waals surface area contributed by atoms with Crippen LogP contribution in [0.15, 0.2) is 5.16 Å². The smallest absolute Gasteiger partial charge is 0.200 e. The van der Waals surface area contributed by atoms with Crippen LogP contribution >= 0.6 is 0 Å². The summed E-state index contributed by atoms with van der Waals surface area (Å²) < 4.78 is 13.1. The molecule has 2 rings (SSSR count). The standard InChI is InChI=1S/C24H47NO3Si/c1-10-20-13-19(15-28-29(16(2)3,17(4)5)18(6)7)14-21-23(20)22(25-26)11-12-24(21,8)27-9/h16-21,23,26H,10-15H2,1-9H3/b25-22+/t19?,20-,21+,23-,24?/m0/s1. The molecule has 2 aliphatic rings. The molecule has 5 atom stereocenters. The first-order valence-electron chi connectivity index (χ1n) is 12.0. The lowest BCUT2D eigenvalue weighted by atomic mass is 9.56. The Labute approximate surface area is 180 Å². The third-order valence-electron chi connectivity index (χ3n) is 8.61. The van der Waals surface area contributed by atoms with Crippen molar-refractivity contribution in [2.75, 3.05) is 13.7 Å². The lowest BCUT2D eigenvalue weighted by Crippen LogP contribution is -2.54. The van der Waals surface area contributed by atoms with E-state index in [1.807, 2.05) is 7.11 Å². The maximum Gasteiger partial charge on any atom is 0.200 e. The monoisotopic (exact) mass is 425 g/mol. The summed E-state index contributed by atoms with van der Waals surface area (Å²) in [7, 11) is 0.00793. The van der Waals surface area contributed by atoms with Gasteiger partial charge in [0.05, 0.1) is 11.3 Å². The van der Waals surface area contributed by atoms with E-state index in [4.69, 9.17) is 9.16 Å². The number of oxime groups is 1. The van der Waals surface area contributed by atoms with Gasteiger partial charge in [-0.05, 0) is 67.0 Å². The second-order valence-corrected chi connectivity index (χ2v) is 16.3. The van der Waals surface area contributed by atoms with Crippen LogP contribution in [0, 0.1) is 23.7 Å². The second-order valence-electron chi connectivity index (χ2n) is 10.9. The van der Waals surface area contributed by atoms with Gasteiger partial charge >= 0.3 is 0 Å². The topological polar surface area (TPSA) is 51.0 Å². The predicted octanol–water partition coefficient (Wildman–Crippen LogP) is 6.88. The maximum absolute atomic E-state index is 9.67. The lowest BCUT2D eigenvalue weighted by molar-refractivity contribution is -0.100. The molecule has 5 heteroatoms. The van der Waals surface area contributed by atoms with Crippen LogP contribution in [0.1, 0.15) is 87.5 Å². The fourth-order valence-electron chi connectivity index (χ4n) is 7.06. The molecule has 2 unspecified atom stereocenters. The first kappa shape index (κ1) is 24.9. The molecule has 1 N–H and O–H groups in total. The number of fused-ring (bicyclic) bond motifs is 1. The second kappa shape index (κ2) is 9.82. The highest BCUT2D eigenvalue weighted by Gasteiger charge is 2.52. The Balaban J connectivity index is 2.26. The van der Waals surface area contributed by atoms with Crippen molar-refractivity contribution < 1.29 is 14.4 Å². The van der Waals surface area contributed by atoms with Gasteiger partial charge in [0.2, 0.25) is 0 Å². The van der Waals surface area contributed by atoms with E-state index in [0.717, 1.165) is 38.0 Å². The Morgan fingerprint density at radius 2 is 1.69 bits per heavy atom. The Morgan fingerprint density at radius 1 is 1.10 bits per heavy atom. The molecule has 2 aliphatic carbocycles. The summed E-state index contributed by atoms with van der Waals surface area (Å²) >= 11 is 0. The van der Waals surface area contributed by atoms with Crippen molar-refractivity contribution in [2.24, 2.45) is 28.8 Å². The first-order chi connectivity index (χ1) is 13.6. The third-order valence-corrected chi connectivity index (χ3v) is 14.7. The van der Waals surface area contributed by atoms with E-state index in [2.05, 4.69) is 60.5 Å². The largest absolute Gasteiger partial charge is 0.416 e. The highest BCUT2D eigenvalue weighted by Crippen LogP contribution is 2.52. The van der Waals surface area contributed by atoms with Crippen molar-refractivity contribution in [3.63, 3.8) is 0 Å². The molecule has 0 aromatic carbocycles. The van der Waals surface area contributed by atoms with Gasteiger partial charge in [0.1, 0.15) is 0 Å². The van der Waals surface area contributed by atoms with Gasteiger partial charge in [-0.2, -0.15) is 0 Å². The number of methoxy groups -OCH3 is 1. The summed E-state index contributed by atoms with van der Waals surface area (Å²) in [6, 6.07) is 0. The van der Waals surface area contributed by atoms with Crippen LogP contribution in [0.25, 0.3) is 0 Å². The minimum atomic E-state index is -1.85. The quantitative estimate of drug-likeness (QED) is 0.262. The van der Waals surface area contributed by atoms with Crippen LogP contribution in [-0.4, -0.2) is 38.6 Å². The summed E-state index contributed by atoms with van der Waals surface area (Å²) in [6.45, 7) is 19.6. The fraction of sp³-hybridized carbons (Fsp3) is 0.958. The molecule has 0 aromatic rings. The Morgan fingerprint density at radius 3 is 2.14 bits per heavy atom. The Bertz CT molecular complexity index is 541. The molecule has 0 bridgehead atoms. The van der Waals surface area contributed by atoms with Crippen LogP contribution in [0.3, 0.4) is 0 Å². The molecule has 4 nitrogen and oxygen atoms in total. The van der Waals surface area contributed by atoms with Crippen LogP contribution in [0.2, 0.25) is 16.6 Å². The third kappa shape index (κ3) is 4.62. The molecule has 0 saturated heterocycles. The van der Waals surface area contributed by atoms with Gasteiger partial charge in [0.15, 0.2) is 8.32 Å². The molecule has 2 fully saturated rings. The van der Waals surface area contributed by atoms with Crippen molar-refractivity contribution in [3.05, 3.63) is 0 Å². The number of nitrogens with zero attached hydrogens (tertiary/aromatic N) is 1. The predicted molar refractivity (Wildman–Crippen MR) is 124 cm³/mol. The summed E-state index contributed by atoms with van der Waals surface area (Å²) in [5.41, 5.74) is 2.73. The zero-order valence-corrected chi connectivity index (χ0v) is 21.5. The van der Waals surface area contributed by atoms with Gasteiger partial charge < -0.3 is 14.4 Å². The fourth-order valence-corrected chi connectivity index (χ4v) is 12.6. The Kier molecular flexibility index (Phi) is 8.42. The van der Waals surface area contributed by atoms with Crippen LogP contribution in [0.5, 0.6) is 0 Å². The first-order valence-corrected chi connectivity index (χ1v) is 14.1. The molecule has 0 aliphatic heterocycles. The Hall–Kier alpha value is -0.393. The van der Waals surface area contributed by atoms with E-state index < -0.39 is 8.32 Å². The van der Waals surface area contributed by atoms with E-state index in [1.54, 1.807) is 0 Å². The molecule has 29 heavy (non-hydrogen) atoms. The van der Waals surface area contributed by atoms with E-state index in [-0.39, 0.29) is 5.60 Å². The average molecular weight is 426 g/mol. The van der Waals surface area contributed by atoms with Crippen LogP contribution < -0.4 is 0 Å². The molecule has 0 spiro atoms. The van der Waals surface area contributed by atoms with E-state index in [1.165, 1.54) is 6.42 Å². The van der Waals surface area contributed by atoms with Gasteiger partial charge in [-0.1, -0.05) is 60.0 Å². The number of ether oxygens (including phenoxy) is 1. The molecule has 0 amide bonds. The molecule has 2 saturated carbocycles. The highest BCUT2D eigenvalue weighted by molar-refractivity contribution is 6.77. The summed E-state index contributed by atoms with van der Waals surface area (Å²) in [5.74, 6) is 1.88. The van der Waals surface area contributed by atoms with Crippen molar-refractivity contribution in [1.29, 1.82) is 0 Å². The summed E-state index contributed by atoms with van der Waals surface area (Å²) in [4.78, 5) is 0. The van der Waals surface area contributed by atoms with E-state index in [0.29, 0.717) is 40.3 Å². The van der Waals surface area contributed by atoms with Gasteiger partial charge in [-0.25, -0.2) is 0 Å². The van der Waals surface area contributed by atoms with Crippen molar-refractivity contribution in [2.45, 2.75) is 110 Å². The zero-order valence-electron chi connectivity index (χ0n) is 20.5. The normalized spacial score (nSPS) is 35.0. The van der Waals surface area contributed by atoms with Crippen molar-refractivity contribution in [1.82, 2.24) is 0 Å². The van der Waals surface area contributed by atoms with Crippen LogP contribution in [0.4, 0.5) is 0 Å². The van der Waals surface area contributed by atoms with Gasteiger partial charge in [-0.15, -0.1) is 0 Å².